The van der Waals surface area contributed by atoms with Crippen LogP contribution < -0.4 is 20.1 Å². The number of para-hydroxylation sites is 1. The van der Waals surface area contributed by atoms with Gasteiger partial charge in [-0.05, 0) is 37.3 Å². The van der Waals surface area contributed by atoms with Crippen molar-refractivity contribution in [3.8, 4) is 5.75 Å². The first-order chi connectivity index (χ1) is 16.2. The number of unbranched alkanes of at least 4 members (excludes halogenated alkanes) is 1. The van der Waals surface area contributed by atoms with Gasteiger partial charge in [-0.3, -0.25) is 4.79 Å². The molecular formula is C24H33N3O5S2. The van der Waals surface area contributed by atoms with Crippen LogP contribution >= 0.6 is 11.8 Å². The molecule has 0 radical (unpaired) electrons. The third kappa shape index (κ3) is 5.68. The molecule has 0 bridgehead atoms. The molecule has 0 saturated carbocycles. The minimum Gasteiger partial charge on any atom is -0.490 e. The summed E-state index contributed by atoms with van der Waals surface area (Å²) >= 11 is 1.40. The average Bonchev–Trinajstić information content (AvgIpc) is 2.93. The summed E-state index contributed by atoms with van der Waals surface area (Å²) in [5, 5.41) is 9.09. The van der Waals surface area contributed by atoms with Gasteiger partial charge in [-0.25, -0.2) is 13.1 Å². The number of thioether (sulfide) groups is 1. The Morgan fingerprint density at radius 2 is 2.00 bits per heavy atom. The molecule has 0 aliphatic carbocycles. The molecule has 3 rings (SSSR count). The second-order valence-corrected chi connectivity index (χ2v) is 11.0. The van der Waals surface area contributed by atoms with E-state index in [9.17, 15) is 13.2 Å². The molecule has 2 atom stereocenters. The molecule has 0 aromatic heterocycles. The normalized spacial score (nSPS) is 20.3. The van der Waals surface area contributed by atoms with Gasteiger partial charge in [0.25, 0.3) is 0 Å². The standard InChI is InChI=1S/C24H33N3O5S2/c1-4-6-12-24(5-2)16-27(17-10-8-7-9-11-17)19-13-21(33-3)20(32-15-18(25)23(28)29)14-22(19)34(30,31)26-24/h7-11,13-14,18,26H,4-6,12,15-16,25H2,1-3H3,(H,28,29)/t18-,24+/m1/s1. The lowest BCUT2D eigenvalue weighted by atomic mass is 9.89. The Kier molecular flexibility index (Phi) is 8.51. The number of rotatable bonds is 10. The van der Waals surface area contributed by atoms with Crippen molar-refractivity contribution in [2.24, 2.45) is 5.73 Å². The molecule has 34 heavy (non-hydrogen) atoms. The zero-order chi connectivity index (χ0) is 24.9. The Hall–Kier alpha value is -2.27. The third-order valence-corrected chi connectivity index (χ3v) is 8.49. The van der Waals surface area contributed by atoms with Gasteiger partial charge in [0, 0.05) is 18.3 Å². The second kappa shape index (κ2) is 11.0. The Bertz CT molecular complexity index is 1110. The number of carbonyl (C=O) groups is 1. The van der Waals surface area contributed by atoms with Crippen molar-refractivity contribution in [2.45, 2.75) is 60.9 Å². The van der Waals surface area contributed by atoms with Gasteiger partial charge in [0.1, 0.15) is 23.3 Å². The van der Waals surface area contributed by atoms with E-state index in [1.807, 2.05) is 43.5 Å². The van der Waals surface area contributed by atoms with Crippen LogP contribution in [0.1, 0.15) is 39.5 Å². The molecule has 0 unspecified atom stereocenters. The summed E-state index contributed by atoms with van der Waals surface area (Å²) < 4.78 is 36.1. The van der Waals surface area contributed by atoms with E-state index in [1.54, 1.807) is 6.07 Å². The number of nitrogens with two attached hydrogens (primary N) is 1. The number of aliphatic carboxylic acids is 1. The predicted molar refractivity (Wildman–Crippen MR) is 136 cm³/mol. The molecule has 1 heterocycles. The Labute approximate surface area is 205 Å². The van der Waals surface area contributed by atoms with Gasteiger partial charge in [0.15, 0.2) is 0 Å². The molecule has 10 heteroatoms. The number of nitrogens with one attached hydrogen (secondary N) is 1. The first-order valence-electron chi connectivity index (χ1n) is 11.4. The van der Waals surface area contributed by atoms with Crippen molar-refractivity contribution in [3.05, 3.63) is 42.5 Å². The molecule has 1 aliphatic rings. The largest absolute Gasteiger partial charge is 0.490 e. The molecule has 2 aromatic carbocycles. The Morgan fingerprint density at radius 3 is 2.59 bits per heavy atom. The quantitative estimate of drug-likeness (QED) is 0.413. The molecular weight excluding hydrogens is 474 g/mol. The predicted octanol–water partition coefficient (Wildman–Crippen LogP) is 3.97. The van der Waals surface area contributed by atoms with Gasteiger partial charge >= 0.3 is 5.97 Å². The maximum Gasteiger partial charge on any atom is 0.324 e. The molecule has 2 aromatic rings. The zero-order valence-electron chi connectivity index (χ0n) is 19.8. The number of sulfonamides is 1. The summed E-state index contributed by atoms with van der Waals surface area (Å²) in [6.45, 7) is 4.31. The van der Waals surface area contributed by atoms with Gasteiger partial charge in [0.2, 0.25) is 10.0 Å². The van der Waals surface area contributed by atoms with E-state index in [0.717, 1.165) is 18.5 Å². The number of benzene rings is 2. The first-order valence-corrected chi connectivity index (χ1v) is 14.1. The minimum absolute atomic E-state index is 0.0971. The summed E-state index contributed by atoms with van der Waals surface area (Å²) in [5.74, 6) is -0.896. The lowest BCUT2D eigenvalue weighted by Gasteiger charge is -2.36. The molecule has 0 fully saturated rings. The van der Waals surface area contributed by atoms with Gasteiger partial charge in [-0.15, -0.1) is 11.8 Å². The van der Waals surface area contributed by atoms with Crippen molar-refractivity contribution in [2.75, 3.05) is 24.3 Å². The van der Waals surface area contributed by atoms with E-state index in [-0.39, 0.29) is 11.5 Å². The van der Waals surface area contributed by atoms with Crippen LogP contribution in [0.3, 0.4) is 0 Å². The number of hydrogen-bond donors (Lipinski definition) is 3. The highest BCUT2D eigenvalue weighted by molar-refractivity contribution is 7.98. The lowest BCUT2D eigenvalue weighted by molar-refractivity contribution is -0.139. The Morgan fingerprint density at radius 1 is 1.29 bits per heavy atom. The van der Waals surface area contributed by atoms with E-state index in [4.69, 9.17) is 15.6 Å². The van der Waals surface area contributed by atoms with Crippen molar-refractivity contribution < 1.29 is 23.1 Å². The van der Waals surface area contributed by atoms with E-state index >= 15 is 0 Å². The number of ether oxygens (including phenoxy) is 1. The van der Waals surface area contributed by atoms with E-state index in [1.165, 1.54) is 17.8 Å². The van der Waals surface area contributed by atoms with Crippen LogP contribution in [0.15, 0.2) is 52.3 Å². The molecule has 0 spiro atoms. The van der Waals surface area contributed by atoms with Crippen LogP contribution in [0.5, 0.6) is 5.75 Å². The Balaban J connectivity index is 2.18. The molecule has 0 saturated heterocycles. The van der Waals surface area contributed by atoms with E-state index < -0.39 is 27.6 Å². The fourth-order valence-electron chi connectivity index (χ4n) is 4.08. The molecule has 1 aliphatic heterocycles. The van der Waals surface area contributed by atoms with Gasteiger partial charge in [-0.1, -0.05) is 44.9 Å². The van der Waals surface area contributed by atoms with Crippen molar-refractivity contribution in [1.29, 1.82) is 0 Å². The van der Waals surface area contributed by atoms with Crippen molar-refractivity contribution in [1.82, 2.24) is 4.72 Å². The summed E-state index contributed by atoms with van der Waals surface area (Å²) in [5.41, 5.74) is 6.41. The fourth-order valence-corrected chi connectivity index (χ4v) is 6.33. The van der Waals surface area contributed by atoms with Crippen molar-refractivity contribution in [3.63, 3.8) is 0 Å². The van der Waals surface area contributed by atoms with Crippen LogP contribution in [-0.2, 0) is 14.8 Å². The molecule has 4 N–H and O–H groups in total. The summed E-state index contributed by atoms with van der Waals surface area (Å²) in [4.78, 5) is 14.0. The number of carboxylic acids is 1. The first kappa shape index (κ1) is 26.3. The van der Waals surface area contributed by atoms with Crippen LogP contribution in [-0.4, -0.2) is 50.5 Å². The second-order valence-electron chi connectivity index (χ2n) is 8.49. The number of hydrogen-bond acceptors (Lipinski definition) is 7. The van der Waals surface area contributed by atoms with Crippen LogP contribution in [0.25, 0.3) is 0 Å². The van der Waals surface area contributed by atoms with Gasteiger partial charge in [0.05, 0.1) is 16.1 Å². The topological polar surface area (TPSA) is 122 Å². The van der Waals surface area contributed by atoms with Crippen LogP contribution in [0.2, 0.25) is 0 Å². The maximum absolute atomic E-state index is 13.7. The smallest absolute Gasteiger partial charge is 0.324 e. The van der Waals surface area contributed by atoms with Crippen molar-refractivity contribution >= 4 is 39.1 Å². The number of carboxylic acid groups (broad SMARTS) is 1. The molecule has 186 valence electrons. The molecule has 8 nitrogen and oxygen atoms in total. The van der Waals surface area contributed by atoms with Crippen LogP contribution in [0, 0.1) is 0 Å². The highest BCUT2D eigenvalue weighted by Crippen LogP contribution is 2.43. The summed E-state index contributed by atoms with van der Waals surface area (Å²) in [7, 11) is -3.90. The maximum atomic E-state index is 13.7. The van der Waals surface area contributed by atoms with Gasteiger partial charge < -0.3 is 20.5 Å². The number of nitrogens with zero attached hydrogens (tertiary/aromatic N) is 1. The zero-order valence-corrected chi connectivity index (χ0v) is 21.4. The highest BCUT2D eigenvalue weighted by atomic mass is 32.2. The average molecular weight is 508 g/mol. The minimum atomic E-state index is -3.90. The SMILES string of the molecule is CCCC[C@@]1(CC)CN(c2ccccc2)c2cc(SC)c(OC[C@@H](N)C(=O)O)cc2S(=O)(=O)N1. The lowest BCUT2D eigenvalue weighted by Crippen LogP contribution is -2.52. The molecule has 0 amide bonds. The summed E-state index contributed by atoms with van der Waals surface area (Å²) in [6.07, 6.45) is 5.06. The van der Waals surface area contributed by atoms with E-state index in [0.29, 0.717) is 35.7 Å². The highest BCUT2D eigenvalue weighted by Gasteiger charge is 2.41. The third-order valence-electron chi connectivity index (χ3n) is 6.13. The monoisotopic (exact) mass is 507 g/mol. The number of anilines is 2. The fraction of sp³-hybridized carbons (Fsp3) is 0.458. The van der Waals surface area contributed by atoms with E-state index in [2.05, 4.69) is 16.5 Å². The number of fused-ring (bicyclic) bond motifs is 1. The van der Waals surface area contributed by atoms with Gasteiger partial charge in [-0.2, -0.15) is 0 Å². The summed E-state index contributed by atoms with van der Waals surface area (Å²) in [6, 6.07) is 11.8. The van der Waals surface area contributed by atoms with Crippen LogP contribution in [0.4, 0.5) is 11.4 Å².